The number of nitrogens with one attached hydrogen (secondary N) is 2. The number of aliphatic hydroxyl groups is 1. The number of nitrogens with zero attached hydrogens (tertiary/aromatic N) is 2. The van der Waals surface area contributed by atoms with Crippen LogP contribution in [0.15, 0.2) is 4.99 Å². The van der Waals surface area contributed by atoms with Gasteiger partial charge in [0.25, 0.3) is 0 Å². The Morgan fingerprint density at radius 3 is 2.42 bits per heavy atom. The SMILES string of the molecule is CCCC(O)(CCC)CN=C(NCC)NCC1CCN(C2CC2)C1. The molecule has 0 aromatic carbocycles. The topological polar surface area (TPSA) is 59.9 Å². The molecule has 5 heteroatoms. The fraction of sp³-hybridized carbons (Fsp3) is 0.947. The predicted octanol–water partition coefficient (Wildman–Crippen LogP) is 2.36. The zero-order valence-electron chi connectivity index (χ0n) is 16.0. The van der Waals surface area contributed by atoms with Crippen LogP contribution >= 0.6 is 0 Å². The smallest absolute Gasteiger partial charge is 0.191 e. The molecule has 2 rings (SSSR count). The van der Waals surface area contributed by atoms with E-state index < -0.39 is 5.60 Å². The summed E-state index contributed by atoms with van der Waals surface area (Å²) in [5, 5.41) is 17.6. The predicted molar refractivity (Wildman–Crippen MR) is 101 cm³/mol. The van der Waals surface area contributed by atoms with E-state index in [1.54, 1.807) is 0 Å². The largest absolute Gasteiger partial charge is 0.388 e. The summed E-state index contributed by atoms with van der Waals surface area (Å²) < 4.78 is 0. The molecular formula is C19H38N4O. The van der Waals surface area contributed by atoms with Crippen LogP contribution in [0.1, 0.15) is 65.7 Å². The normalized spacial score (nSPS) is 22.8. The molecule has 0 spiro atoms. The van der Waals surface area contributed by atoms with Crippen molar-refractivity contribution in [3.63, 3.8) is 0 Å². The molecule has 24 heavy (non-hydrogen) atoms. The Labute approximate surface area is 148 Å². The minimum atomic E-state index is -0.651. The van der Waals surface area contributed by atoms with Crippen molar-refractivity contribution in [2.45, 2.75) is 77.4 Å². The van der Waals surface area contributed by atoms with E-state index in [4.69, 9.17) is 0 Å². The summed E-state index contributed by atoms with van der Waals surface area (Å²) in [6, 6.07) is 0.884. The van der Waals surface area contributed by atoms with Gasteiger partial charge in [0.05, 0.1) is 12.1 Å². The van der Waals surface area contributed by atoms with E-state index in [9.17, 15) is 5.11 Å². The van der Waals surface area contributed by atoms with Crippen LogP contribution in [0.2, 0.25) is 0 Å². The van der Waals surface area contributed by atoms with Crippen LogP contribution in [0.3, 0.4) is 0 Å². The van der Waals surface area contributed by atoms with Gasteiger partial charge in [0, 0.05) is 25.7 Å². The lowest BCUT2D eigenvalue weighted by Gasteiger charge is -2.26. The fourth-order valence-electron chi connectivity index (χ4n) is 3.82. The van der Waals surface area contributed by atoms with Crippen LogP contribution in [0.4, 0.5) is 0 Å². The first-order valence-corrected chi connectivity index (χ1v) is 10.1. The highest BCUT2D eigenvalue weighted by molar-refractivity contribution is 5.79. The summed E-state index contributed by atoms with van der Waals surface area (Å²) >= 11 is 0. The molecule has 0 aromatic heterocycles. The minimum absolute atomic E-state index is 0.489. The zero-order valence-corrected chi connectivity index (χ0v) is 16.0. The lowest BCUT2D eigenvalue weighted by Crippen LogP contribution is -2.42. The van der Waals surface area contributed by atoms with Gasteiger partial charge in [-0.25, -0.2) is 0 Å². The van der Waals surface area contributed by atoms with Crippen LogP contribution in [0.5, 0.6) is 0 Å². The fourth-order valence-corrected chi connectivity index (χ4v) is 3.82. The molecule has 2 fully saturated rings. The number of guanidine groups is 1. The van der Waals surface area contributed by atoms with Gasteiger partial charge in [0.2, 0.25) is 0 Å². The van der Waals surface area contributed by atoms with Crippen molar-refractivity contribution in [3.8, 4) is 0 Å². The van der Waals surface area contributed by atoms with Crippen molar-refractivity contribution in [1.82, 2.24) is 15.5 Å². The molecular weight excluding hydrogens is 300 g/mol. The van der Waals surface area contributed by atoms with E-state index in [1.165, 1.54) is 32.4 Å². The van der Waals surface area contributed by atoms with E-state index >= 15 is 0 Å². The molecule has 1 saturated heterocycles. The molecule has 0 radical (unpaired) electrons. The quantitative estimate of drug-likeness (QED) is 0.423. The summed E-state index contributed by atoms with van der Waals surface area (Å²) in [5.74, 6) is 1.58. The lowest BCUT2D eigenvalue weighted by molar-refractivity contribution is 0.0306. The molecule has 3 N–H and O–H groups in total. The summed E-state index contributed by atoms with van der Waals surface area (Å²) in [5.41, 5.74) is -0.651. The van der Waals surface area contributed by atoms with Gasteiger partial charge in [-0.3, -0.25) is 4.99 Å². The Balaban J connectivity index is 1.81. The number of hydrogen-bond donors (Lipinski definition) is 3. The monoisotopic (exact) mass is 338 g/mol. The first kappa shape index (κ1) is 19.5. The van der Waals surface area contributed by atoms with Gasteiger partial charge in [0.15, 0.2) is 5.96 Å². The first-order valence-electron chi connectivity index (χ1n) is 10.1. The maximum absolute atomic E-state index is 10.7. The number of rotatable bonds is 10. The summed E-state index contributed by atoms with van der Waals surface area (Å²) in [4.78, 5) is 7.33. The van der Waals surface area contributed by atoms with E-state index in [0.29, 0.717) is 6.54 Å². The highest BCUT2D eigenvalue weighted by atomic mass is 16.3. The Kier molecular flexibility index (Phi) is 7.82. The highest BCUT2D eigenvalue weighted by Gasteiger charge is 2.34. The molecule has 140 valence electrons. The Morgan fingerprint density at radius 2 is 1.83 bits per heavy atom. The maximum Gasteiger partial charge on any atom is 0.191 e. The van der Waals surface area contributed by atoms with Gasteiger partial charge in [-0.15, -0.1) is 0 Å². The van der Waals surface area contributed by atoms with Gasteiger partial charge in [0.1, 0.15) is 0 Å². The molecule has 0 bridgehead atoms. The first-order chi connectivity index (χ1) is 11.6. The standard InChI is InChI=1S/C19H38N4O/c1-4-10-19(24,11-5-2)15-22-18(20-6-3)21-13-16-9-12-23(14-16)17-7-8-17/h16-17,24H,4-15H2,1-3H3,(H2,20,21,22). The van der Waals surface area contributed by atoms with Crippen LogP contribution < -0.4 is 10.6 Å². The molecule has 1 heterocycles. The van der Waals surface area contributed by atoms with E-state index in [-0.39, 0.29) is 0 Å². The molecule has 1 atom stereocenters. The third-order valence-corrected chi connectivity index (χ3v) is 5.25. The van der Waals surface area contributed by atoms with Crippen LogP contribution in [-0.4, -0.2) is 60.3 Å². The second kappa shape index (κ2) is 9.62. The highest BCUT2D eigenvalue weighted by Crippen LogP contribution is 2.31. The van der Waals surface area contributed by atoms with Gasteiger partial charge in [-0.05, 0) is 51.5 Å². The number of aliphatic imine (C=N–C) groups is 1. The molecule has 2 aliphatic rings. The van der Waals surface area contributed by atoms with Crippen molar-refractivity contribution in [2.75, 3.05) is 32.7 Å². The lowest BCUT2D eigenvalue weighted by atomic mass is 9.93. The van der Waals surface area contributed by atoms with Crippen molar-refractivity contribution < 1.29 is 5.11 Å². The maximum atomic E-state index is 10.7. The Bertz CT molecular complexity index is 389. The Morgan fingerprint density at radius 1 is 1.12 bits per heavy atom. The molecule has 1 unspecified atom stereocenters. The molecule has 1 saturated carbocycles. The minimum Gasteiger partial charge on any atom is -0.388 e. The van der Waals surface area contributed by atoms with Gasteiger partial charge < -0.3 is 20.6 Å². The molecule has 1 aliphatic carbocycles. The summed E-state index contributed by atoms with van der Waals surface area (Å²) in [7, 11) is 0. The zero-order chi connectivity index (χ0) is 17.4. The van der Waals surface area contributed by atoms with Crippen molar-refractivity contribution in [1.29, 1.82) is 0 Å². The second-order valence-electron chi connectivity index (χ2n) is 7.68. The van der Waals surface area contributed by atoms with Crippen LogP contribution in [-0.2, 0) is 0 Å². The average Bonchev–Trinajstić information content (AvgIpc) is 3.29. The third-order valence-electron chi connectivity index (χ3n) is 5.25. The van der Waals surface area contributed by atoms with E-state index in [0.717, 1.165) is 56.7 Å². The van der Waals surface area contributed by atoms with Crippen molar-refractivity contribution in [3.05, 3.63) is 0 Å². The molecule has 5 nitrogen and oxygen atoms in total. The Hall–Kier alpha value is -0.810. The molecule has 0 amide bonds. The number of hydrogen-bond acceptors (Lipinski definition) is 3. The van der Waals surface area contributed by atoms with Gasteiger partial charge in [-0.2, -0.15) is 0 Å². The van der Waals surface area contributed by atoms with E-state index in [2.05, 4.69) is 41.3 Å². The van der Waals surface area contributed by atoms with Crippen LogP contribution in [0, 0.1) is 5.92 Å². The molecule has 0 aromatic rings. The molecule has 1 aliphatic heterocycles. The summed E-state index contributed by atoms with van der Waals surface area (Å²) in [6.45, 7) is 11.2. The van der Waals surface area contributed by atoms with Gasteiger partial charge in [-0.1, -0.05) is 26.7 Å². The van der Waals surface area contributed by atoms with Crippen LogP contribution in [0.25, 0.3) is 0 Å². The van der Waals surface area contributed by atoms with E-state index in [1.807, 2.05) is 0 Å². The van der Waals surface area contributed by atoms with Gasteiger partial charge >= 0.3 is 0 Å². The average molecular weight is 339 g/mol. The summed E-state index contributed by atoms with van der Waals surface area (Å²) in [6.07, 6.45) is 7.73. The number of likely N-dealkylation sites (tertiary alicyclic amines) is 1. The van der Waals surface area contributed by atoms with Crippen molar-refractivity contribution >= 4 is 5.96 Å². The third kappa shape index (κ3) is 6.25. The second-order valence-corrected chi connectivity index (χ2v) is 7.68. The van der Waals surface area contributed by atoms with Crippen molar-refractivity contribution in [2.24, 2.45) is 10.9 Å².